The molecule has 0 radical (unpaired) electrons. The lowest BCUT2D eigenvalue weighted by Gasteiger charge is -2.41. The van der Waals surface area contributed by atoms with Crippen LogP contribution < -0.4 is 10.3 Å². The zero-order chi connectivity index (χ0) is 24.7. The molecule has 9 heteroatoms. The van der Waals surface area contributed by atoms with Crippen molar-refractivity contribution in [2.45, 2.75) is 52.7 Å². The van der Waals surface area contributed by atoms with E-state index in [-0.39, 0.29) is 5.57 Å². The minimum absolute atomic E-state index is 0.265. The summed E-state index contributed by atoms with van der Waals surface area (Å²) in [4.78, 5) is 26.4. The number of hydrogen-bond acceptors (Lipinski definition) is 5. The predicted molar refractivity (Wildman–Crippen MR) is 124 cm³/mol. The summed E-state index contributed by atoms with van der Waals surface area (Å²) >= 11 is 0. The Labute approximate surface area is 193 Å². The lowest BCUT2D eigenvalue weighted by molar-refractivity contribution is -0.134. The summed E-state index contributed by atoms with van der Waals surface area (Å²) in [5, 5.41) is 9.90. The molecule has 1 aliphatic rings. The van der Waals surface area contributed by atoms with E-state index in [0.717, 1.165) is 21.0 Å². The van der Waals surface area contributed by atoms with Crippen molar-refractivity contribution in [2.24, 2.45) is 5.41 Å². The summed E-state index contributed by atoms with van der Waals surface area (Å²) in [6.07, 6.45) is 2.61. The van der Waals surface area contributed by atoms with Gasteiger partial charge in [-0.25, -0.2) is 17.5 Å². The Morgan fingerprint density at radius 1 is 1.12 bits per heavy atom. The number of nitrogens with one attached hydrogen (secondary N) is 1. The number of rotatable bonds is 5. The molecule has 1 atom stereocenters. The van der Waals surface area contributed by atoms with Crippen molar-refractivity contribution >= 4 is 16.0 Å². The minimum atomic E-state index is -4.50. The number of aliphatic carboxylic acids is 1. The maximum atomic E-state index is 13.8. The quantitative estimate of drug-likeness (QED) is 0.686. The Hall–Kier alpha value is -3.33. The molecule has 3 rings (SSSR count). The largest absolute Gasteiger partial charge is 0.478 e. The van der Waals surface area contributed by atoms with Gasteiger partial charge in [-0.1, -0.05) is 38.5 Å². The molecule has 0 amide bonds. The summed E-state index contributed by atoms with van der Waals surface area (Å²) in [7, 11) is -4.50. The van der Waals surface area contributed by atoms with Gasteiger partial charge < -0.3 is 14.8 Å². The van der Waals surface area contributed by atoms with Crippen LogP contribution in [-0.2, 0) is 14.8 Å². The zero-order valence-corrected chi connectivity index (χ0v) is 20.3. The van der Waals surface area contributed by atoms with Crippen LogP contribution in [0.1, 0.15) is 37.5 Å². The number of allylic oxidation sites excluding steroid dienone is 3. The Morgan fingerprint density at radius 3 is 2.24 bits per heavy atom. The van der Waals surface area contributed by atoms with E-state index in [9.17, 15) is 23.1 Å². The van der Waals surface area contributed by atoms with Crippen LogP contribution in [0, 0.1) is 26.2 Å². The standard InChI is InChI=1S/C24H28N2O6S/c1-14-12-15(2)20(16(3)13-14)32-22-17(23(28)29)9-10-19(24(4,5)6)26(22)33(30,31)18-8-7-11-25-21(18)27/h7-13,22H,1-6H3,(H,25,27)(H,28,29). The number of ether oxygens (including phenoxy) is 1. The van der Waals surface area contributed by atoms with E-state index in [0.29, 0.717) is 11.4 Å². The predicted octanol–water partition coefficient (Wildman–Crippen LogP) is 3.65. The molecule has 8 nitrogen and oxygen atoms in total. The molecule has 0 saturated heterocycles. The second kappa shape index (κ2) is 8.55. The van der Waals surface area contributed by atoms with Gasteiger partial charge >= 0.3 is 5.97 Å². The maximum absolute atomic E-state index is 13.8. The van der Waals surface area contributed by atoms with Crippen LogP contribution in [0.4, 0.5) is 0 Å². The van der Waals surface area contributed by atoms with E-state index < -0.39 is 38.1 Å². The number of carboxylic acid groups (broad SMARTS) is 1. The lowest BCUT2D eigenvalue weighted by atomic mass is 9.89. The van der Waals surface area contributed by atoms with Crippen molar-refractivity contribution in [1.29, 1.82) is 0 Å². The molecule has 33 heavy (non-hydrogen) atoms. The van der Waals surface area contributed by atoms with Crippen molar-refractivity contribution in [2.75, 3.05) is 0 Å². The first-order valence-corrected chi connectivity index (χ1v) is 11.8. The van der Waals surface area contributed by atoms with Crippen LogP contribution in [0.5, 0.6) is 5.75 Å². The van der Waals surface area contributed by atoms with Gasteiger partial charge in [-0.3, -0.25) is 4.79 Å². The van der Waals surface area contributed by atoms with Gasteiger partial charge in [0.1, 0.15) is 5.75 Å². The molecule has 0 aliphatic carbocycles. The number of carboxylic acids is 1. The van der Waals surface area contributed by atoms with Crippen molar-refractivity contribution in [3.8, 4) is 5.75 Å². The van der Waals surface area contributed by atoms with Gasteiger partial charge in [-0.05, 0) is 56.2 Å². The van der Waals surface area contributed by atoms with Gasteiger partial charge in [0.15, 0.2) is 4.90 Å². The van der Waals surface area contributed by atoms with Gasteiger partial charge in [-0.15, -0.1) is 0 Å². The van der Waals surface area contributed by atoms with Crippen molar-refractivity contribution < 1.29 is 23.1 Å². The van der Waals surface area contributed by atoms with E-state index in [1.807, 2.05) is 32.9 Å². The molecular formula is C24H28N2O6S. The molecule has 176 valence electrons. The number of nitrogens with zero attached hydrogens (tertiary/aromatic N) is 1. The number of pyridine rings is 1. The summed E-state index contributed by atoms with van der Waals surface area (Å²) < 4.78 is 34.7. The molecule has 1 aromatic heterocycles. The molecule has 0 bridgehead atoms. The maximum Gasteiger partial charge on any atom is 0.337 e. The number of aryl methyl sites for hydroxylation is 3. The van der Waals surface area contributed by atoms with E-state index in [1.165, 1.54) is 30.5 Å². The zero-order valence-electron chi connectivity index (χ0n) is 19.5. The number of sulfonamides is 1. The Kier molecular flexibility index (Phi) is 6.30. The number of aromatic nitrogens is 1. The van der Waals surface area contributed by atoms with Gasteiger partial charge in [0, 0.05) is 17.3 Å². The average molecular weight is 473 g/mol. The monoisotopic (exact) mass is 472 g/mol. The fourth-order valence-corrected chi connectivity index (χ4v) is 5.64. The number of aromatic amines is 1. The number of carbonyl (C=O) groups is 1. The van der Waals surface area contributed by atoms with Gasteiger partial charge in [0.25, 0.3) is 15.6 Å². The summed E-state index contributed by atoms with van der Waals surface area (Å²) in [5.41, 5.74) is 0.970. The first-order valence-electron chi connectivity index (χ1n) is 10.4. The highest BCUT2D eigenvalue weighted by Gasteiger charge is 2.45. The molecule has 0 spiro atoms. The van der Waals surface area contributed by atoms with Crippen LogP contribution in [0.2, 0.25) is 0 Å². The second-order valence-electron chi connectivity index (χ2n) is 9.09. The van der Waals surface area contributed by atoms with E-state index in [4.69, 9.17) is 4.74 Å². The first-order chi connectivity index (χ1) is 15.2. The molecule has 1 unspecified atom stereocenters. The molecule has 1 aromatic carbocycles. The number of H-pyrrole nitrogens is 1. The number of benzene rings is 1. The van der Waals surface area contributed by atoms with Crippen molar-refractivity contribution in [3.05, 3.63) is 80.9 Å². The fourth-order valence-electron chi connectivity index (χ4n) is 3.88. The summed E-state index contributed by atoms with van der Waals surface area (Å²) in [5.74, 6) is -0.941. The highest BCUT2D eigenvalue weighted by molar-refractivity contribution is 7.89. The fraction of sp³-hybridized carbons (Fsp3) is 0.333. The molecule has 2 heterocycles. The SMILES string of the molecule is Cc1cc(C)c(OC2C(C(=O)O)=CC=C(C(C)(C)C)N2S(=O)(=O)c2ccc[nH]c2=O)c(C)c1. The second-order valence-corrected chi connectivity index (χ2v) is 10.9. The van der Waals surface area contributed by atoms with E-state index in [2.05, 4.69) is 4.98 Å². The Bertz CT molecular complexity index is 1310. The lowest BCUT2D eigenvalue weighted by Crippen LogP contribution is -2.50. The smallest absolute Gasteiger partial charge is 0.337 e. The van der Waals surface area contributed by atoms with Crippen LogP contribution >= 0.6 is 0 Å². The van der Waals surface area contributed by atoms with Crippen LogP contribution in [0.15, 0.2) is 63.6 Å². The van der Waals surface area contributed by atoms with E-state index in [1.54, 1.807) is 20.8 Å². The van der Waals surface area contributed by atoms with E-state index >= 15 is 0 Å². The average Bonchev–Trinajstić information content (AvgIpc) is 2.69. The Balaban J connectivity index is 2.30. The third-order valence-corrected chi connectivity index (χ3v) is 7.09. The normalized spacial score (nSPS) is 16.8. The molecule has 1 aliphatic heterocycles. The summed E-state index contributed by atoms with van der Waals surface area (Å²) in [6, 6.07) is 6.33. The molecule has 2 aromatic rings. The molecule has 0 saturated carbocycles. The van der Waals surface area contributed by atoms with Crippen LogP contribution in [-0.4, -0.2) is 35.0 Å². The highest BCUT2D eigenvalue weighted by Crippen LogP contribution is 2.40. The third-order valence-electron chi connectivity index (χ3n) is 5.31. The van der Waals surface area contributed by atoms with Gasteiger partial charge in [0.2, 0.25) is 6.23 Å². The van der Waals surface area contributed by atoms with Crippen molar-refractivity contribution in [3.63, 3.8) is 0 Å². The Morgan fingerprint density at radius 2 is 1.73 bits per heavy atom. The molecular weight excluding hydrogens is 444 g/mol. The van der Waals surface area contributed by atoms with Crippen LogP contribution in [0.25, 0.3) is 0 Å². The molecule has 2 N–H and O–H groups in total. The highest BCUT2D eigenvalue weighted by atomic mass is 32.2. The minimum Gasteiger partial charge on any atom is -0.478 e. The third kappa shape index (κ3) is 4.59. The summed E-state index contributed by atoms with van der Waals surface area (Å²) in [6.45, 7) is 10.9. The first kappa shape index (κ1) is 24.3. The van der Waals surface area contributed by atoms with Gasteiger partial charge in [0.05, 0.1) is 5.57 Å². The van der Waals surface area contributed by atoms with Gasteiger partial charge in [-0.2, -0.15) is 0 Å². The topological polar surface area (TPSA) is 117 Å². The van der Waals surface area contributed by atoms with Crippen molar-refractivity contribution in [1.82, 2.24) is 9.29 Å². The molecule has 0 fully saturated rings. The number of hydrogen-bond donors (Lipinski definition) is 2. The van der Waals surface area contributed by atoms with Crippen LogP contribution in [0.3, 0.4) is 0 Å².